The van der Waals surface area contributed by atoms with E-state index in [1.807, 2.05) is 6.20 Å². The molecule has 86 valence electrons. The van der Waals surface area contributed by atoms with Gasteiger partial charge < -0.3 is 10.3 Å². The van der Waals surface area contributed by atoms with Crippen LogP contribution in [0.25, 0.3) is 10.9 Å². The second-order valence-corrected chi connectivity index (χ2v) is 4.91. The van der Waals surface area contributed by atoms with Crippen molar-refractivity contribution in [1.82, 2.24) is 10.3 Å². The Morgan fingerprint density at radius 1 is 1.06 bits per heavy atom. The van der Waals surface area contributed by atoms with Crippen molar-refractivity contribution in [1.29, 1.82) is 0 Å². The summed E-state index contributed by atoms with van der Waals surface area (Å²) in [7, 11) is 0. The van der Waals surface area contributed by atoms with E-state index in [0.29, 0.717) is 0 Å². The average molecular weight is 242 g/mol. The summed E-state index contributed by atoms with van der Waals surface area (Å²) in [5.41, 5.74) is 3.88. The van der Waals surface area contributed by atoms with Crippen molar-refractivity contribution in [2.75, 3.05) is 0 Å². The van der Waals surface area contributed by atoms with Gasteiger partial charge in [-0.25, -0.2) is 0 Å². The first kappa shape index (κ1) is 10.6. The molecule has 3 aromatic rings. The molecule has 1 aromatic carbocycles. The summed E-state index contributed by atoms with van der Waals surface area (Å²) in [6.07, 6.45) is 1.98. The molecule has 2 N–H and O–H groups in total. The minimum absolute atomic E-state index is 0.908. The quantitative estimate of drug-likeness (QED) is 0.720. The van der Waals surface area contributed by atoms with Crippen LogP contribution < -0.4 is 5.32 Å². The van der Waals surface area contributed by atoms with Crippen molar-refractivity contribution in [3.63, 3.8) is 0 Å². The number of aromatic nitrogens is 1. The van der Waals surface area contributed by atoms with Gasteiger partial charge in [-0.3, -0.25) is 0 Å². The molecule has 0 bridgehead atoms. The number of hydrogen-bond donors (Lipinski definition) is 2. The SMILES string of the molecule is c1cc2ccc(CNCc3ccsc3)cc2[nH]1. The van der Waals surface area contributed by atoms with E-state index in [-0.39, 0.29) is 0 Å². The second kappa shape index (κ2) is 4.73. The fourth-order valence-corrected chi connectivity index (χ4v) is 2.62. The van der Waals surface area contributed by atoms with E-state index in [1.54, 1.807) is 11.3 Å². The summed E-state index contributed by atoms with van der Waals surface area (Å²) in [5.74, 6) is 0. The summed E-state index contributed by atoms with van der Waals surface area (Å²) in [5, 5.41) is 9.02. The molecule has 0 saturated carbocycles. The lowest BCUT2D eigenvalue weighted by atomic mass is 10.1. The number of aromatic amines is 1. The van der Waals surface area contributed by atoms with Crippen LogP contribution in [0, 0.1) is 0 Å². The Balaban J connectivity index is 1.64. The van der Waals surface area contributed by atoms with Crippen LogP contribution in [0.5, 0.6) is 0 Å². The third-order valence-corrected chi connectivity index (χ3v) is 3.59. The van der Waals surface area contributed by atoms with Crippen LogP contribution in [-0.4, -0.2) is 4.98 Å². The molecule has 0 spiro atoms. The Bertz CT molecular complexity index is 596. The zero-order valence-electron chi connectivity index (χ0n) is 9.44. The maximum absolute atomic E-state index is 3.45. The first-order valence-corrected chi connectivity index (χ1v) is 6.64. The molecule has 0 atom stereocenters. The van der Waals surface area contributed by atoms with Gasteiger partial charge in [0.25, 0.3) is 0 Å². The van der Waals surface area contributed by atoms with Gasteiger partial charge in [-0.05, 0) is 45.5 Å². The maximum Gasteiger partial charge on any atom is 0.0457 e. The predicted molar refractivity (Wildman–Crippen MR) is 73.2 cm³/mol. The van der Waals surface area contributed by atoms with Gasteiger partial charge in [-0.1, -0.05) is 12.1 Å². The fourth-order valence-electron chi connectivity index (χ4n) is 1.95. The topological polar surface area (TPSA) is 27.8 Å². The third kappa shape index (κ3) is 2.40. The number of benzene rings is 1. The van der Waals surface area contributed by atoms with Crippen molar-refractivity contribution in [2.24, 2.45) is 0 Å². The van der Waals surface area contributed by atoms with Gasteiger partial charge in [0.1, 0.15) is 0 Å². The fraction of sp³-hybridized carbons (Fsp3) is 0.143. The first-order chi connectivity index (χ1) is 8.42. The lowest BCUT2D eigenvalue weighted by molar-refractivity contribution is 0.695. The summed E-state index contributed by atoms with van der Waals surface area (Å²) in [4.78, 5) is 3.24. The standard InChI is InChI=1S/C14H14N2S/c1-2-13-3-5-16-14(13)7-11(1)8-15-9-12-4-6-17-10-12/h1-7,10,15-16H,8-9H2. The third-order valence-electron chi connectivity index (χ3n) is 2.86. The molecule has 2 nitrogen and oxygen atoms in total. The second-order valence-electron chi connectivity index (χ2n) is 4.13. The van der Waals surface area contributed by atoms with Gasteiger partial charge in [0.15, 0.2) is 0 Å². The minimum atomic E-state index is 0.908. The maximum atomic E-state index is 3.45. The van der Waals surface area contributed by atoms with Gasteiger partial charge in [0, 0.05) is 24.8 Å². The van der Waals surface area contributed by atoms with E-state index >= 15 is 0 Å². The molecule has 0 radical (unpaired) electrons. The lowest BCUT2D eigenvalue weighted by Crippen LogP contribution is -2.11. The highest BCUT2D eigenvalue weighted by Crippen LogP contribution is 2.14. The number of H-pyrrole nitrogens is 1. The molecular weight excluding hydrogens is 228 g/mol. The molecule has 0 unspecified atom stereocenters. The molecule has 0 aliphatic rings. The molecule has 3 rings (SSSR count). The highest BCUT2D eigenvalue weighted by atomic mass is 32.1. The Hall–Kier alpha value is -1.58. The van der Waals surface area contributed by atoms with Crippen LogP contribution in [0.3, 0.4) is 0 Å². The number of rotatable bonds is 4. The monoisotopic (exact) mass is 242 g/mol. The average Bonchev–Trinajstić information content (AvgIpc) is 2.98. The zero-order valence-corrected chi connectivity index (χ0v) is 10.3. The molecule has 2 aromatic heterocycles. The molecule has 0 fully saturated rings. The van der Waals surface area contributed by atoms with Gasteiger partial charge in [-0.15, -0.1) is 0 Å². The Morgan fingerprint density at radius 3 is 2.88 bits per heavy atom. The van der Waals surface area contributed by atoms with Crippen molar-refractivity contribution in [3.8, 4) is 0 Å². The van der Waals surface area contributed by atoms with Gasteiger partial charge in [-0.2, -0.15) is 11.3 Å². The number of nitrogens with one attached hydrogen (secondary N) is 2. The van der Waals surface area contributed by atoms with E-state index in [2.05, 4.69) is 51.4 Å². The summed E-state index contributed by atoms with van der Waals surface area (Å²) in [6.45, 7) is 1.84. The molecule has 0 amide bonds. The van der Waals surface area contributed by atoms with E-state index in [1.165, 1.54) is 22.0 Å². The number of hydrogen-bond acceptors (Lipinski definition) is 2. The molecular formula is C14H14N2S. The highest BCUT2D eigenvalue weighted by Gasteiger charge is 1.97. The molecule has 0 aliphatic carbocycles. The highest BCUT2D eigenvalue weighted by molar-refractivity contribution is 7.07. The molecule has 2 heterocycles. The molecule has 17 heavy (non-hydrogen) atoms. The summed E-state index contributed by atoms with van der Waals surface area (Å²) < 4.78 is 0. The lowest BCUT2D eigenvalue weighted by Gasteiger charge is -2.03. The van der Waals surface area contributed by atoms with E-state index in [0.717, 1.165) is 13.1 Å². The summed E-state index contributed by atoms with van der Waals surface area (Å²) in [6, 6.07) is 10.8. The number of thiophene rings is 1. The van der Waals surface area contributed by atoms with E-state index in [9.17, 15) is 0 Å². The van der Waals surface area contributed by atoms with Crippen LogP contribution in [0.4, 0.5) is 0 Å². The predicted octanol–water partition coefficient (Wildman–Crippen LogP) is 3.52. The van der Waals surface area contributed by atoms with Gasteiger partial charge in [0.2, 0.25) is 0 Å². The largest absolute Gasteiger partial charge is 0.361 e. The van der Waals surface area contributed by atoms with Crippen LogP contribution in [0.2, 0.25) is 0 Å². The smallest absolute Gasteiger partial charge is 0.0457 e. The van der Waals surface area contributed by atoms with Crippen LogP contribution in [-0.2, 0) is 13.1 Å². The molecule has 3 heteroatoms. The molecule has 0 saturated heterocycles. The normalized spacial score (nSPS) is 11.1. The number of fused-ring (bicyclic) bond motifs is 1. The van der Waals surface area contributed by atoms with E-state index < -0.39 is 0 Å². The Kier molecular flexibility index (Phi) is 2.94. The Labute approximate surface area is 104 Å². The van der Waals surface area contributed by atoms with Crippen LogP contribution in [0.1, 0.15) is 11.1 Å². The van der Waals surface area contributed by atoms with Crippen molar-refractivity contribution in [3.05, 3.63) is 58.4 Å². The van der Waals surface area contributed by atoms with Crippen molar-refractivity contribution in [2.45, 2.75) is 13.1 Å². The van der Waals surface area contributed by atoms with Gasteiger partial charge >= 0.3 is 0 Å². The Morgan fingerprint density at radius 2 is 2.00 bits per heavy atom. The van der Waals surface area contributed by atoms with Crippen LogP contribution in [0.15, 0.2) is 47.3 Å². The van der Waals surface area contributed by atoms with Crippen LogP contribution >= 0.6 is 11.3 Å². The first-order valence-electron chi connectivity index (χ1n) is 5.70. The van der Waals surface area contributed by atoms with Crippen molar-refractivity contribution < 1.29 is 0 Å². The zero-order chi connectivity index (χ0) is 11.5. The van der Waals surface area contributed by atoms with Gasteiger partial charge in [0.05, 0.1) is 0 Å². The summed E-state index contributed by atoms with van der Waals surface area (Å²) >= 11 is 1.74. The van der Waals surface area contributed by atoms with Crippen molar-refractivity contribution >= 4 is 22.2 Å². The molecule has 0 aliphatic heterocycles. The minimum Gasteiger partial charge on any atom is -0.361 e. The van der Waals surface area contributed by atoms with E-state index in [4.69, 9.17) is 0 Å².